The van der Waals surface area contributed by atoms with E-state index in [0.717, 1.165) is 25.7 Å². The van der Waals surface area contributed by atoms with Crippen LogP contribution in [0.15, 0.2) is 33.5 Å². The van der Waals surface area contributed by atoms with E-state index in [9.17, 15) is 14.4 Å². The number of fused-ring (bicyclic) bond motifs is 1. The van der Waals surface area contributed by atoms with E-state index in [1.807, 2.05) is 0 Å². The van der Waals surface area contributed by atoms with Crippen molar-refractivity contribution in [1.82, 2.24) is 9.47 Å². The average molecular weight is 332 g/mol. The van der Waals surface area contributed by atoms with E-state index in [-0.39, 0.29) is 19.1 Å². The molecule has 0 saturated carbocycles. The Morgan fingerprint density at radius 1 is 1.08 bits per heavy atom. The third kappa shape index (κ3) is 3.67. The Morgan fingerprint density at radius 3 is 2.54 bits per heavy atom. The van der Waals surface area contributed by atoms with Crippen LogP contribution >= 0.6 is 0 Å². The lowest BCUT2D eigenvalue weighted by atomic mass is 10.2. The SMILES string of the molecule is O=C(Cn1c(=O)oc2ccccc21)OCC(=O)N1CCCCCC1. The van der Waals surface area contributed by atoms with E-state index in [0.29, 0.717) is 24.2 Å². The molecule has 24 heavy (non-hydrogen) atoms. The maximum absolute atomic E-state index is 12.1. The molecule has 7 heteroatoms. The molecular weight excluding hydrogens is 312 g/mol. The first-order valence-electron chi connectivity index (χ1n) is 8.17. The van der Waals surface area contributed by atoms with Gasteiger partial charge >= 0.3 is 11.7 Å². The van der Waals surface area contributed by atoms with Crippen molar-refractivity contribution >= 4 is 23.0 Å². The molecule has 0 N–H and O–H groups in total. The number of benzene rings is 1. The zero-order valence-electron chi connectivity index (χ0n) is 13.4. The smallest absolute Gasteiger partial charge is 0.420 e. The van der Waals surface area contributed by atoms with Crippen LogP contribution in [0.4, 0.5) is 0 Å². The minimum absolute atomic E-state index is 0.186. The highest BCUT2D eigenvalue weighted by Gasteiger charge is 2.18. The lowest BCUT2D eigenvalue weighted by Crippen LogP contribution is -2.36. The molecule has 1 aliphatic rings. The molecule has 128 valence electrons. The van der Waals surface area contributed by atoms with Gasteiger partial charge in [0.25, 0.3) is 5.91 Å². The van der Waals surface area contributed by atoms with Crippen molar-refractivity contribution in [3.8, 4) is 0 Å². The molecule has 3 rings (SSSR count). The van der Waals surface area contributed by atoms with Crippen LogP contribution in [0.3, 0.4) is 0 Å². The van der Waals surface area contributed by atoms with Gasteiger partial charge in [0, 0.05) is 13.1 Å². The second kappa shape index (κ2) is 7.33. The topological polar surface area (TPSA) is 81.7 Å². The molecular formula is C17H20N2O5. The maximum atomic E-state index is 12.1. The molecule has 1 aliphatic heterocycles. The largest absolute Gasteiger partial charge is 0.454 e. The number of esters is 1. The number of aromatic nitrogens is 1. The third-order valence-corrected chi connectivity index (χ3v) is 4.18. The minimum Gasteiger partial charge on any atom is -0.454 e. The van der Waals surface area contributed by atoms with Gasteiger partial charge in [-0.15, -0.1) is 0 Å². The number of carbonyl (C=O) groups is 2. The standard InChI is InChI=1S/C17H20N2O5/c20-15(18-9-5-1-2-6-10-18)12-23-16(21)11-19-13-7-3-4-8-14(13)24-17(19)22/h3-4,7-8H,1-2,5-6,9-12H2. The van der Waals surface area contributed by atoms with Crippen molar-refractivity contribution in [3.63, 3.8) is 0 Å². The number of amides is 1. The summed E-state index contributed by atoms with van der Waals surface area (Å²) in [7, 11) is 0. The summed E-state index contributed by atoms with van der Waals surface area (Å²) < 4.78 is 11.3. The molecule has 0 spiro atoms. The van der Waals surface area contributed by atoms with Crippen LogP contribution in [0.25, 0.3) is 11.1 Å². The van der Waals surface area contributed by atoms with E-state index in [4.69, 9.17) is 9.15 Å². The van der Waals surface area contributed by atoms with Crippen molar-refractivity contribution in [2.45, 2.75) is 32.2 Å². The molecule has 1 aromatic carbocycles. The molecule has 1 aromatic heterocycles. The van der Waals surface area contributed by atoms with Crippen LogP contribution in [-0.2, 0) is 20.9 Å². The van der Waals surface area contributed by atoms with Gasteiger partial charge in [0.2, 0.25) is 0 Å². The van der Waals surface area contributed by atoms with Crippen LogP contribution in [-0.4, -0.2) is 41.0 Å². The summed E-state index contributed by atoms with van der Waals surface area (Å²) in [5, 5.41) is 0. The van der Waals surface area contributed by atoms with E-state index in [1.165, 1.54) is 4.57 Å². The number of nitrogens with zero attached hydrogens (tertiary/aromatic N) is 2. The van der Waals surface area contributed by atoms with Crippen molar-refractivity contribution in [3.05, 3.63) is 34.8 Å². The Hall–Kier alpha value is -2.57. The summed E-state index contributed by atoms with van der Waals surface area (Å²) in [5.41, 5.74) is 0.939. The second-order valence-corrected chi connectivity index (χ2v) is 5.88. The van der Waals surface area contributed by atoms with Gasteiger partial charge in [0.05, 0.1) is 5.52 Å². The number of oxazole rings is 1. The van der Waals surface area contributed by atoms with E-state index in [2.05, 4.69) is 0 Å². The lowest BCUT2D eigenvalue weighted by molar-refractivity contribution is -0.152. The van der Waals surface area contributed by atoms with Crippen LogP contribution in [0.1, 0.15) is 25.7 Å². The van der Waals surface area contributed by atoms with Gasteiger partial charge in [-0.3, -0.25) is 14.2 Å². The van der Waals surface area contributed by atoms with Crippen LogP contribution < -0.4 is 5.76 Å². The lowest BCUT2D eigenvalue weighted by Gasteiger charge is -2.19. The Kier molecular flexibility index (Phi) is 4.98. The van der Waals surface area contributed by atoms with Crippen LogP contribution in [0, 0.1) is 0 Å². The molecule has 1 saturated heterocycles. The Balaban J connectivity index is 1.58. The summed E-state index contributed by atoms with van der Waals surface area (Å²) in [6, 6.07) is 6.84. The van der Waals surface area contributed by atoms with Crippen molar-refractivity contribution in [1.29, 1.82) is 0 Å². The van der Waals surface area contributed by atoms with Gasteiger partial charge in [0.15, 0.2) is 12.2 Å². The molecule has 1 amide bonds. The molecule has 0 radical (unpaired) electrons. The number of ether oxygens (including phenoxy) is 1. The predicted octanol–water partition coefficient (Wildman–Crippen LogP) is 1.54. The summed E-state index contributed by atoms with van der Waals surface area (Å²) >= 11 is 0. The fourth-order valence-corrected chi connectivity index (χ4v) is 2.89. The monoisotopic (exact) mass is 332 g/mol. The minimum atomic E-state index is -0.633. The fraction of sp³-hybridized carbons (Fsp3) is 0.471. The van der Waals surface area contributed by atoms with Crippen molar-refractivity contribution in [2.75, 3.05) is 19.7 Å². The Labute approximate surface area is 138 Å². The van der Waals surface area contributed by atoms with Crippen molar-refractivity contribution in [2.24, 2.45) is 0 Å². The number of carbonyl (C=O) groups excluding carboxylic acids is 2. The van der Waals surface area contributed by atoms with Gasteiger partial charge in [-0.25, -0.2) is 4.79 Å². The summed E-state index contributed by atoms with van der Waals surface area (Å²) in [5.74, 6) is -1.44. The molecule has 2 heterocycles. The molecule has 0 atom stereocenters. The first kappa shape index (κ1) is 16.3. The normalized spacial score (nSPS) is 15.2. The first-order valence-corrected chi connectivity index (χ1v) is 8.17. The highest BCUT2D eigenvalue weighted by Crippen LogP contribution is 2.12. The van der Waals surface area contributed by atoms with Crippen LogP contribution in [0.5, 0.6) is 0 Å². The van der Waals surface area contributed by atoms with Gasteiger partial charge in [-0.05, 0) is 25.0 Å². The number of rotatable bonds is 4. The van der Waals surface area contributed by atoms with Crippen molar-refractivity contribution < 1.29 is 18.7 Å². The molecule has 2 aromatic rings. The first-order chi connectivity index (χ1) is 11.6. The quantitative estimate of drug-likeness (QED) is 0.793. The van der Waals surface area contributed by atoms with E-state index < -0.39 is 11.7 Å². The van der Waals surface area contributed by atoms with Crippen LogP contribution in [0.2, 0.25) is 0 Å². The number of hydrogen-bond donors (Lipinski definition) is 0. The predicted molar refractivity (Wildman–Crippen MR) is 86.5 cm³/mol. The molecule has 0 aliphatic carbocycles. The van der Waals surface area contributed by atoms with Gasteiger partial charge < -0.3 is 14.1 Å². The van der Waals surface area contributed by atoms with Gasteiger partial charge in [0.1, 0.15) is 6.54 Å². The third-order valence-electron chi connectivity index (χ3n) is 4.18. The second-order valence-electron chi connectivity index (χ2n) is 5.88. The average Bonchev–Trinajstić information content (AvgIpc) is 2.78. The fourth-order valence-electron chi connectivity index (χ4n) is 2.89. The zero-order valence-corrected chi connectivity index (χ0v) is 13.4. The highest BCUT2D eigenvalue weighted by molar-refractivity contribution is 5.81. The molecule has 7 nitrogen and oxygen atoms in total. The zero-order chi connectivity index (χ0) is 16.9. The Morgan fingerprint density at radius 2 is 1.79 bits per heavy atom. The summed E-state index contributed by atoms with van der Waals surface area (Å²) in [6.07, 6.45) is 4.21. The van der Waals surface area contributed by atoms with Gasteiger partial charge in [-0.1, -0.05) is 25.0 Å². The number of hydrogen-bond acceptors (Lipinski definition) is 5. The summed E-state index contributed by atoms with van der Waals surface area (Å²) in [4.78, 5) is 37.6. The summed E-state index contributed by atoms with van der Waals surface area (Å²) in [6.45, 7) is 0.858. The number of para-hydroxylation sites is 2. The van der Waals surface area contributed by atoms with E-state index >= 15 is 0 Å². The molecule has 0 bridgehead atoms. The Bertz CT molecular complexity index is 784. The van der Waals surface area contributed by atoms with Gasteiger partial charge in [-0.2, -0.15) is 0 Å². The van der Waals surface area contributed by atoms with E-state index in [1.54, 1.807) is 29.2 Å². The highest BCUT2D eigenvalue weighted by atomic mass is 16.5. The molecule has 1 fully saturated rings. The number of likely N-dealkylation sites (tertiary alicyclic amines) is 1. The maximum Gasteiger partial charge on any atom is 0.420 e. The molecule has 0 unspecified atom stereocenters.